The van der Waals surface area contributed by atoms with Crippen LogP contribution < -0.4 is 10.6 Å². The zero-order valence-electron chi connectivity index (χ0n) is 11.3. The molecule has 2 amide bonds. The van der Waals surface area contributed by atoms with Crippen molar-refractivity contribution in [3.63, 3.8) is 0 Å². The Labute approximate surface area is 112 Å². The van der Waals surface area contributed by atoms with Crippen LogP contribution >= 0.6 is 0 Å². The summed E-state index contributed by atoms with van der Waals surface area (Å²) in [6, 6.07) is 0. The minimum atomic E-state index is -0.904. The van der Waals surface area contributed by atoms with E-state index in [-0.39, 0.29) is 24.8 Å². The molecule has 19 heavy (non-hydrogen) atoms. The van der Waals surface area contributed by atoms with Crippen molar-refractivity contribution in [3.8, 4) is 0 Å². The van der Waals surface area contributed by atoms with Crippen LogP contribution in [0.5, 0.6) is 0 Å². The minimum absolute atomic E-state index is 0.0941. The van der Waals surface area contributed by atoms with E-state index in [0.717, 1.165) is 12.8 Å². The molecule has 108 valence electrons. The van der Waals surface area contributed by atoms with Gasteiger partial charge in [0, 0.05) is 19.5 Å². The number of nitrogens with one attached hydrogen (secondary N) is 2. The van der Waals surface area contributed by atoms with Crippen LogP contribution in [0.1, 0.15) is 39.0 Å². The number of hydrogen-bond acceptors (Lipinski definition) is 3. The molecule has 6 heteroatoms. The number of aliphatic carboxylic acids is 1. The molecule has 1 fully saturated rings. The first kappa shape index (κ1) is 15.5. The van der Waals surface area contributed by atoms with Crippen LogP contribution in [0.25, 0.3) is 0 Å². The van der Waals surface area contributed by atoms with Crippen LogP contribution in [0, 0.1) is 11.8 Å². The molecule has 0 aromatic heterocycles. The summed E-state index contributed by atoms with van der Waals surface area (Å²) in [6.07, 6.45) is 3.05. The third-order valence-corrected chi connectivity index (χ3v) is 3.39. The Morgan fingerprint density at radius 3 is 2.42 bits per heavy atom. The highest BCUT2D eigenvalue weighted by molar-refractivity contribution is 5.85. The standard InChI is InChI=1S/C13H22N2O4/c1-2-7-14-11(16)6-8-15-12(17)9-4-3-5-10(9)13(18)19/h9-10H,2-8H2,1H3,(H,14,16)(H,15,17)(H,18,19)/t9-,10+/m1/s1. The van der Waals surface area contributed by atoms with E-state index < -0.39 is 17.8 Å². The van der Waals surface area contributed by atoms with Crippen LogP contribution in [0.2, 0.25) is 0 Å². The molecule has 0 unspecified atom stereocenters. The predicted octanol–water partition coefficient (Wildman–Crippen LogP) is 0.520. The van der Waals surface area contributed by atoms with Gasteiger partial charge in [0.1, 0.15) is 0 Å². The number of hydrogen-bond donors (Lipinski definition) is 3. The highest BCUT2D eigenvalue weighted by atomic mass is 16.4. The average molecular weight is 270 g/mol. The third kappa shape index (κ3) is 4.89. The van der Waals surface area contributed by atoms with Gasteiger partial charge in [-0.2, -0.15) is 0 Å². The zero-order valence-corrected chi connectivity index (χ0v) is 11.3. The summed E-state index contributed by atoms with van der Waals surface area (Å²) >= 11 is 0. The van der Waals surface area contributed by atoms with Crippen molar-refractivity contribution in [1.29, 1.82) is 0 Å². The molecule has 1 rings (SSSR count). The maximum atomic E-state index is 11.8. The molecule has 0 aromatic rings. The predicted molar refractivity (Wildman–Crippen MR) is 69.4 cm³/mol. The van der Waals surface area contributed by atoms with E-state index >= 15 is 0 Å². The monoisotopic (exact) mass is 270 g/mol. The normalized spacial score (nSPS) is 21.9. The zero-order chi connectivity index (χ0) is 14.3. The van der Waals surface area contributed by atoms with E-state index in [2.05, 4.69) is 10.6 Å². The summed E-state index contributed by atoms with van der Waals surface area (Å²) < 4.78 is 0. The summed E-state index contributed by atoms with van der Waals surface area (Å²) in [5, 5.41) is 14.4. The fraction of sp³-hybridized carbons (Fsp3) is 0.769. The Morgan fingerprint density at radius 1 is 1.11 bits per heavy atom. The van der Waals surface area contributed by atoms with Crippen molar-refractivity contribution in [3.05, 3.63) is 0 Å². The van der Waals surface area contributed by atoms with Crippen LogP contribution in [0.4, 0.5) is 0 Å². The maximum Gasteiger partial charge on any atom is 0.307 e. The molecule has 0 aliphatic heterocycles. The molecule has 0 aromatic carbocycles. The van der Waals surface area contributed by atoms with Crippen molar-refractivity contribution in [1.82, 2.24) is 10.6 Å². The first-order chi connectivity index (χ1) is 9.06. The van der Waals surface area contributed by atoms with Crippen LogP contribution in [-0.2, 0) is 14.4 Å². The van der Waals surface area contributed by atoms with Crippen molar-refractivity contribution >= 4 is 17.8 Å². The summed E-state index contributed by atoms with van der Waals surface area (Å²) in [5.41, 5.74) is 0. The fourth-order valence-electron chi connectivity index (χ4n) is 2.35. The lowest BCUT2D eigenvalue weighted by Gasteiger charge is -2.15. The number of rotatable bonds is 7. The average Bonchev–Trinajstić information content (AvgIpc) is 2.85. The van der Waals surface area contributed by atoms with Crippen LogP contribution in [-0.4, -0.2) is 36.0 Å². The molecule has 1 saturated carbocycles. The van der Waals surface area contributed by atoms with E-state index in [1.807, 2.05) is 6.92 Å². The summed E-state index contributed by atoms with van der Waals surface area (Å²) in [7, 11) is 0. The van der Waals surface area contributed by atoms with E-state index in [9.17, 15) is 14.4 Å². The molecule has 1 aliphatic rings. The molecule has 0 heterocycles. The first-order valence-corrected chi connectivity index (χ1v) is 6.83. The van der Waals surface area contributed by atoms with Gasteiger partial charge in [0.25, 0.3) is 0 Å². The highest BCUT2D eigenvalue weighted by Crippen LogP contribution is 2.31. The molecule has 0 radical (unpaired) electrons. The molecular formula is C13H22N2O4. The number of amides is 2. The second kappa shape index (κ2) is 7.76. The van der Waals surface area contributed by atoms with Crippen molar-refractivity contribution in [2.24, 2.45) is 11.8 Å². The minimum Gasteiger partial charge on any atom is -0.481 e. The molecule has 0 spiro atoms. The number of carbonyl (C=O) groups excluding carboxylic acids is 2. The number of carbonyl (C=O) groups is 3. The molecular weight excluding hydrogens is 248 g/mol. The van der Waals surface area contributed by atoms with Gasteiger partial charge in [0.2, 0.25) is 11.8 Å². The molecule has 2 atom stereocenters. The summed E-state index contributed by atoms with van der Waals surface area (Å²) in [5.74, 6) is -2.26. The van der Waals surface area contributed by atoms with Gasteiger partial charge in [-0.1, -0.05) is 13.3 Å². The Hall–Kier alpha value is -1.59. The number of carboxylic acids is 1. The highest BCUT2D eigenvalue weighted by Gasteiger charge is 2.37. The molecule has 0 bridgehead atoms. The van der Waals surface area contributed by atoms with Crippen molar-refractivity contribution in [2.45, 2.75) is 39.0 Å². The Balaban J connectivity index is 2.27. The molecule has 1 aliphatic carbocycles. The van der Waals surface area contributed by atoms with Crippen molar-refractivity contribution < 1.29 is 19.5 Å². The second-order valence-corrected chi connectivity index (χ2v) is 4.87. The van der Waals surface area contributed by atoms with E-state index in [1.165, 1.54) is 0 Å². The van der Waals surface area contributed by atoms with Gasteiger partial charge in [0.15, 0.2) is 0 Å². The Morgan fingerprint density at radius 2 is 1.79 bits per heavy atom. The lowest BCUT2D eigenvalue weighted by molar-refractivity contribution is -0.146. The van der Waals surface area contributed by atoms with Crippen molar-refractivity contribution in [2.75, 3.05) is 13.1 Å². The molecule has 6 nitrogen and oxygen atoms in total. The Bertz CT molecular complexity index is 344. The van der Waals surface area contributed by atoms with Gasteiger partial charge in [0.05, 0.1) is 11.8 Å². The topological polar surface area (TPSA) is 95.5 Å². The first-order valence-electron chi connectivity index (χ1n) is 6.83. The van der Waals surface area contributed by atoms with Crippen LogP contribution in [0.15, 0.2) is 0 Å². The summed E-state index contributed by atoms with van der Waals surface area (Å²) in [6.45, 7) is 2.86. The van der Waals surface area contributed by atoms with Gasteiger partial charge >= 0.3 is 5.97 Å². The fourth-order valence-corrected chi connectivity index (χ4v) is 2.35. The molecule has 3 N–H and O–H groups in total. The maximum absolute atomic E-state index is 11.8. The van der Waals surface area contributed by atoms with Gasteiger partial charge in [-0.15, -0.1) is 0 Å². The molecule has 0 saturated heterocycles. The Kier molecular flexibility index (Phi) is 6.32. The van der Waals surface area contributed by atoms with Gasteiger partial charge < -0.3 is 15.7 Å². The number of carboxylic acid groups (broad SMARTS) is 1. The van der Waals surface area contributed by atoms with Gasteiger partial charge in [-0.05, 0) is 19.3 Å². The van der Waals surface area contributed by atoms with E-state index in [1.54, 1.807) is 0 Å². The van der Waals surface area contributed by atoms with Gasteiger partial charge in [-0.3, -0.25) is 14.4 Å². The SMILES string of the molecule is CCCNC(=O)CCNC(=O)[C@@H]1CCC[C@@H]1C(=O)O. The quantitative estimate of drug-likeness (QED) is 0.628. The lowest BCUT2D eigenvalue weighted by Crippen LogP contribution is -2.37. The van der Waals surface area contributed by atoms with E-state index in [4.69, 9.17) is 5.11 Å². The summed E-state index contributed by atoms with van der Waals surface area (Å²) in [4.78, 5) is 34.1. The van der Waals surface area contributed by atoms with Gasteiger partial charge in [-0.25, -0.2) is 0 Å². The van der Waals surface area contributed by atoms with Crippen LogP contribution in [0.3, 0.4) is 0 Å². The second-order valence-electron chi connectivity index (χ2n) is 4.87. The third-order valence-electron chi connectivity index (χ3n) is 3.39. The largest absolute Gasteiger partial charge is 0.481 e. The lowest BCUT2D eigenvalue weighted by atomic mass is 9.95. The van der Waals surface area contributed by atoms with E-state index in [0.29, 0.717) is 19.4 Å². The smallest absolute Gasteiger partial charge is 0.307 e.